The second-order valence-electron chi connectivity index (χ2n) is 4.97. The van der Waals surface area contributed by atoms with E-state index in [0.717, 1.165) is 22.2 Å². The van der Waals surface area contributed by atoms with Crippen molar-refractivity contribution in [2.45, 2.75) is 26.8 Å². The van der Waals surface area contributed by atoms with E-state index in [-0.39, 0.29) is 5.56 Å². The molecule has 4 heteroatoms. The average Bonchev–Trinajstić information content (AvgIpc) is 2.39. The molecule has 0 spiro atoms. The fraction of sp³-hybridized carbons (Fsp3) is 0.333. The Morgan fingerprint density at radius 2 is 1.84 bits per heavy atom. The summed E-state index contributed by atoms with van der Waals surface area (Å²) in [5.74, 6) is 0.560. The van der Waals surface area contributed by atoms with Gasteiger partial charge in [0.1, 0.15) is 0 Å². The molecule has 0 aliphatic carbocycles. The van der Waals surface area contributed by atoms with E-state index >= 15 is 0 Å². The van der Waals surface area contributed by atoms with Crippen LogP contribution in [0.25, 0.3) is 11.3 Å². The predicted octanol–water partition coefficient (Wildman–Crippen LogP) is 3.72. The predicted molar refractivity (Wildman–Crippen MR) is 81.1 cm³/mol. The summed E-state index contributed by atoms with van der Waals surface area (Å²) < 4.78 is 2.58. The largest absolute Gasteiger partial charge is 0.268 e. The van der Waals surface area contributed by atoms with Gasteiger partial charge >= 0.3 is 0 Å². The maximum absolute atomic E-state index is 11.8. The van der Waals surface area contributed by atoms with Crippen LogP contribution in [-0.4, -0.2) is 9.78 Å². The lowest BCUT2D eigenvalue weighted by atomic mass is 10.1. The molecule has 0 saturated heterocycles. The third-order valence-electron chi connectivity index (χ3n) is 2.92. The van der Waals surface area contributed by atoms with Crippen molar-refractivity contribution in [3.63, 3.8) is 0 Å². The van der Waals surface area contributed by atoms with Gasteiger partial charge in [-0.1, -0.05) is 41.9 Å². The molecule has 19 heavy (non-hydrogen) atoms. The van der Waals surface area contributed by atoms with E-state index in [4.69, 9.17) is 0 Å². The minimum absolute atomic E-state index is 0.0403. The highest BCUT2D eigenvalue weighted by atomic mass is 79.9. The number of benzene rings is 1. The van der Waals surface area contributed by atoms with Crippen LogP contribution in [0.1, 0.15) is 20.3 Å². The fourth-order valence-electron chi connectivity index (χ4n) is 1.76. The van der Waals surface area contributed by atoms with Gasteiger partial charge in [-0.05, 0) is 30.5 Å². The molecule has 0 radical (unpaired) electrons. The second kappa shape index (κ2) is 6.15. The van der Waals surface area contributed by atoms with Crippen molar-refractivity contribution in [1.82, 2.24) is 9.78 Å². The molecular weight excluding hydrogens is 304 g/mol. The number of aromatic nitrogens is 2. The lowest BCUT2D eigenvalue weighted by Gasteiger charge is -2.08. The number of halogens is 1. The molecule has 1 heterocycles. The van der Waals surface area contributed by atoms with Crippen LogP contribution in [0.15, 0.2) is 45.7 Å². The first-order valence-electron chi connectivity index (χ1n) is 6.40. The Hall–Kier alpha value is -1.42. The fourth-order valence-corrected chi connectivity index (χ4v) is 2.03. The highest BCUT2D eigenvalue weighted by molar-refractivity contribution is 9.10. The molecule has 3 nitrogen and oxygen atoms in total. The Labute approximate surface area is 121 Å². The number of nitrogens with zero attached hydrogens (tertiary/aromatic N) is 2. The van der Waals surface area contributed by atoms with Gasteiger partial charge in [0.05, 0.1) is 5.69 Å². The Morgan fingerprint density at radius 1 is 1.16 bits per heavy atom. The Morgan fingerprint density at radius 3 is 2.47 bits per heavy atom. The quantitative estimate of drug-likeness (QED) is 0.860. The smallest absolute Gasteiger partial charge is 0.266 e. The van der Waals surface area contributed by atoms with Crippen molar-refractivity contribution in [3.8, 4) is 11.3 Å². The van der Waals surface area contributed by atoms with Gasteiger partial charge in [-0.15, -0.1) is 0 Å². The van der Waals surface area contributed by atoms with Crippen LogP contribution >= 0.6 is 15.9 Å². The summed E-state index contributed by atoms with van der Waals surface area (Å²) in [5.41, 5.74) is 1.80. The maximum atomic E-state index is 11.8. The molecule has 100 valence electrons. The SMILES string of the molecule is CC(C)CCn1nc(-c2ccc(Br)cc2)ccc1=O. The molecule has 0 amide bonds. The van der Waals surface area contributed by atoms with Crippen LogP contribution in [0, 0.1) is 5.92 Å². The van der Waals surface area contributed by atoms with E-state index in [0.29, 0.717) is 12.5 Å². The monoisotopic (exact) mass is 320 g/mol. The molecule has 0 bridgehead atoms. The molecule has 0 N–H and O–H groups in total. The lowest BCUT2D eigenvalue weighted by Crippen LogP contribution is -2.23. The molecule has 0 aliphatic heterocycles. The van der Waals surface area contributed by atoms with Gasteiger partial charge in [0.15, 0.2) is 0 Å². The molecule has 0 saturated carbocycles. The number of aryl methyl sites for hydroxylation is 1. The maximum Gasteiger partial charge on any atom is 0.266 e. The topological polar surface area (TPSA) is 34.9 Å². The Balaban J connectivity index is 2.30. The zero-order valence-corrected chi connectivity index (χ0v) is 12.7. The molecule has 0 aliphatic rings. The average molecular weight is 321 g/mol. The number of hydrogen-bond donors (Lipinski definition) is 0. The normalized spacial score (nSPS) is 10.9. The van der Waals surface area contributed by atoms with E-state index < -0.39 is 0 Å². The van der Waals surface area contributed by atoms with Crippen molar-refractivity contribution in [2.24, 2.45) is 5.92 Å². The van der Waals surface area contributed by atoms with Gasteiger partial charge < -0.3 is 0 Å². The highest BCUT2D eigenvalue weighted by Crippen LogP contribution is 2.18. The van der Waals surface area contributed by atoms with Gasteiger partial charge in [0.25, 0.3) is 5.56 Å². The van der Waals surface area contributed by atoms with Crippen LogP contribution in [0.3, 0.4) is 0 Å². The first-order valence-corrected chi connectivity index (χ1v) is 7.19. The van der Waals surface area contributed by atoms with Crippen molar-refractivity contribution < 1.29 is 0 Å². The van der Waals surface area contributed by atoms with E-state index in [1.54, 1.807) is 16.8 Å². The van der Waals surface area contributed by atoms with Crippen molar-refractivity contribution in [1.29, 1.82) is 0 Å². The molecule has 0 unspecified atom stereocenters. The Kier molecular flexibility index (Phi) is 4.53. The summed E-state index contributed by atoms with van der Waals surface area (Å²) in [4.78, 5) is 11.8. The summed E-state index contributed by atoms with van der Waals surface area (Å²) in [6.45, 7) is 4.95. The number of hydrogen-bond acceptors (Lipinski definition) is 2. The van der Waals surface area contributed by atoms with E-state index in [2.05, 4.69) is 34.9 Å². The summed E-state index contributed by atoms with van der Waals surface area (Å²) in [5, 5.41) is 4.43. The molecule has 0 fully saturated rings. The molecule has 2 rings (SSSR count). The van der Waals surface area contributed by atoms with Gasteiger partial charge in [-0.25, -0.2) is 4.68 Å². The zero-order valence-electron chi connectivity index (χ0n) is 11.1. The second-order valence-corrected chi connectivity index (χ2v) is 5.89. The van der Waals surface area contributed by atoms with Crippen LogP contribution in [0.5, 0.6) is 0 Å². The van der Waals surface area contributed by atoms with Gasteiger partial charge in [-0.2, -0.15) is 5.10 Å². The Bertz CT molecular complexity index is 602. The van der Waals surface area contributed by atoms with Crippen molar-refractivity contribution in [2.75, 3.05) is 0 Å². The van der Waals surface area contributed by atoms with Crippen molar-refractivity contribution in [3.05, 3.63) is 51.2 Å². The van der Waals surface area contributed by atoms with E-state index in [1.807, 2.05) is 24.3 Å². The minimum atomic E-state index is -0.0403. The highest BCUT2D eigenvalue weighted by Gasteiger charge is 2.04. The van der Waals surface area contributed by atoms with Crippen LogP contribution < -0.4 is 5.56 Å². The first kappa shape index (κ1) is 14.0. The molecule has 2 aromatic rings. The van der Waals surface area contributed by atoms with Crippen LogP contribution in [0.4, 0.5) is 0 Å². The van der Waals surface area contributed by atoms with Crippen LogP contribution in [-0.2, 0) is 6.54 Å². The third kappa shape index (κ3) is 3.77. The van der Waals surface area contributed by atoms with Gasteiger partial charge in [-0.3, -0.25) is 4.79 Å². The van der Waals surface area contributed by atoms with E-state index in [9.17, 15) is 4.79 Å². The summed E-state index contributed by atoms with van der Waals surface area (Å²) in [6.07, 6.45) is 0.955. The lowest BCUT2D eigenvalue weighted by molar-refractivity contribution is 0.473. The molecular formula is C15H17BrN2O. The minimum Gasteiger partial charge on any atom is -0.268 e. The van der Waals surface area contributed by atoms with Crippen LogP contribution in [0.2, 0.25) is 0 Å². The van der Waals surface area contributed by atoms with Gasteiger partial charge in [0, 0.05) is 22.6 Å². The number of rotatable bonds is 4. The standard InChI is InChI=1S/C15H17BrN2O/c1-11(2)9-10-18-15(19)8-7-14(17-18)12-3-5-13(16)6-4-12/h3-8,11H,9-10H2,1-2H3. The van der Waals surface area contributed by atoms with E-state index in [1.165, 1.54) is 0 Å². The summed E-state index contributed by atoms with van der Waals surface area (Å²) >= 11 is 3.41. The molecule has 1 aromatic heterocycles. The zero-order chi connectivity index (χ0) is 13.8. The molecule has 0 atom stereocenters. The summed E-state index contributed by atoms with van der Waals surface area (Å²) in [7, 11) is 0. The van der Waals surface area contributed by atoms with Crippen molar-refractivity contribution >= 4 is 15.9 Å². The molecule has 1 aromatic carbocycles. The van der Waals surface area contributed by atoms with Gasteiger partial charge in [0.2, 0.25) is 0 Å². The first-order chi connectivity index (χ1) is 9.06. The third-order valence-corrected chi connectivity index (χ3v) is 3.45. The summed E-state index contributed by atoms with van der Waals surface area (Å²) in [6, 6.07) is 11.3.